The maximum absolute atomic E-state index is 13.5. The Morgan fingerprint density at radius 1 is 0.903 bits per heavy atom. The van der Waals surface area contributed by atoms with Crippen molar-refractivity contribution >= 4 is 50.1 Å². The molecule has 3 aromatic carbocycles. The van der Waals surface area contributed by atoms with Crippen molar-refractivity contribution in [3.8, 4) is 0 Å². The summed E-state index contributed by atoms with van der Waals surface area (Å²) < 4.78 is 0.949. The van der Waals surface area contributed by atoms with Crippen LogP contribution in [0.4, 0.5) is 10.8 Å². The zero-order valence-electron chi connectivity index (χ0n) is 16.6. The number of fused-ring (bicyclic) bond motifs is 2. The Morgan fingerprint density at radius 2 is 1.52 bits per heavy atom. The molecule has 0 saturated carbocycles. The summed E-state index contributed by atoms with van der Waals surface area (Å²) in [6.45, 7) is 1.54. The molecule has 0 N–H and O–H groups in total. The van der Waals surface area contributed by atoms with Crippen LogP contribution in [0, 0.1) is 6.92 Å². The Hall–Kier alpha value is -3.84. The molecule has 1 aliphatic heterocycles. The smallest absolute Gasteiger partial charge is 0.262 e. The molecule has 0 radical (unpaired) electrons. The summed E-state index contributed by atoms with van der Waals surface area (Å²) in [6, 6.07) is 21.7. The summed E-state index contributed by atoms with van der Waals surface area (Å²) in [5, 5.41) is 0.497. The number of anilines is 2. The molecule has 0 bridgehead atoms. The Labute approximate surface area is 182 Å². The van der Waals surface area contributed by atoms with E-state index in [4.69, 9.17) is 0 Å². The van der Waals surface area contributed by atoms with Crippen LogP contribution >= 0.6 is 11.3 Å². The third kappa shape index (κ3) is 3.19. The minimum absolute atomic E-state index is 0.322. The molecule has 0 atom stereocenters. The van der Waals surface area contributed by atoms with E-state index in [1.54, 1.807) is 24.3 Å². The molecule has 0 saturated heterocycles. The summed E-state index contributed by atoms with van der Waals surface area (Å²) >= 11 is 1.39. The SMILES string of the molecule is Cc1ccccc1N(C(=O)CN1C(=O)c2ccccc2C1=O)c1nc2ccccc2s1. The first-order valence-electron chi connectivity index (χ1n) is 9.74. The van der Waals surface area contributed by atoms with Gasteiger partial charge in [-0.1, -0.05) is 53.8 Å². The van der Waals surface area contributed by atoms with Crippen LogP contribution in [0.1, 0.15) is 26.3 Å². The van der Waals surface area contributed by atoms with Gasteiger partial charge >= 0.3 is 0 Å². The molecule has 6 nitrogen and oxygen atoms in total. The van der Waals surface area contributed by atoms with Crippen molar-refractivity contribution in [2.24, 2.45) is 0 Å². The van der Waals surface area contributed by atoms with E-state index >= 15 is 0 Å². The van der Waals surface area contributed by atoms with Gasteiger partial charge in [-0.05, 0) is 42.8 Å². The lowest BCUT2D eigenvalue weighted by Crippen LogP contribution is -2.41. The highest BCUT2D eigenvalue weighted by Gasteiger charge is 2.38. The lowest BCUT2D eigenvalue weighted by atomic mass is 10.1. The van der Waals surface area contributed by atoms with Gasteiger partial charge in [0.15, 0.2) is 5.13 Å². The van der Waals surface area contributed by atoms with E-state index in [1.807, 2.05) is 55.5 Å². The number of para-hydroxylation sites is 2. The highest BCUT2D eigenvalue weighted by Crippen LogP contribution is 2.35. The van der Waals surface area contributed by atoms with E-state index < -0.39 is 17.7 Å². The minimum atomic E-state index is -0.456. The second kappa shape index (κ2) is 7.45. The number of amides is 3. The number of aromatic nitrogens is 1. The second-order valence-electron chi connectivity index (χ2n) is 7.22. The third-order valence-corrected chi connectivity index (χ3v) is 6.27. The summed E-state index contributed by atoms with van der Waals surface area (Å²) in [6.07, 6.45) is 0. The lowest BCUT2D eigenvalue weighted by molar-refractivity contribution is -0.118. The zero-order chi connectivity index (χ0) is 21.5. The third-order valence-electron chi connectivity index (χ3n) is 5.25. The number of carbonyl (C=O) groups excluding carboxylic acids is 3. The fourth-order valence-electron chi connectivity index (χ4n) is 3.70. The maximum atomic E-state index is 13.5. The molecule has 0 aliphatic carbocycles. The van der Waals surface area contributed by atoms with Crippen molar-refractivity contribution in [1.29, 1.82) is 0 Å². The van der Waals surface area contributed by atoms with E-state index in [1.165, 1.54) is 16.2 Å². The van der Waals surface area contributed by atoms with Crippen molar-refractivity contribution in [1.82, 2.24) is 9.88 Å². The van der Waals surface area contributed by atoms with Gasteiger partial charge in [0.1, 0.15) is 6.54 Å². The van der Waals surface area contributed by atoms with Crippen LogP contribution in [0.15, 0.2) is 72.8 Å². The van der Waals surface area contributed by atoms with Gasteiger partial charge in [-0.25, -0.2) is 4.98 Å². The number of benzene rings is 3. The number of rotatable bonds is 4. The average molecular weight is 427 g/mol. The Bertz CT molecular complexity index is 1290. The number of aryl methyl sites for hydroxylation is 1. The van der Waals surface area contributed by atoms with E-state index in [-0.39, 0.29) is 6.54 Å². The van der Waals surface area contributed by atoms with Gasteiger partial charge in [-0.2, -0.15) is 0 Å². The van der Waals surface area contributed by atoms with Crippen LogP contribution in [-0.4, -0.2) is 34.2 Å². The molecule has 0 spiro atoms. The molecule has 0 fully saturated rings. The Kier molecular flexibility index (Phi) is 4.60. The number of hydrogen-bond acceptors (Lipinski definition) is 5. The van der Waals surface area contributed by atoms with Crippen molar-refractivity contribution in [2.45, 2.75) is 6.92 Å². The monoisotopic (exact) mass is 427 g/mol. The largest absolute Gasteiger partial charge is 0.272 e. The second-order valence-corrected chi connectivity index (χ2v) is 8.23. The number of nitrogens with zero attached hydrogens (tertiary/aromatic N) is 3. The molecule has 1 aliphatic rings. The summed E-state index contributed by atoms with van der Waals surface area (Å²) in [7, 11) is 0. The number of imide groups is 1. The van der Waals surface area contributed by atoms with Gasteiger partial charge in [0.25, 0.3) is 17.7 Å². The van der Waals surface area contributed by atoms with Crippen molar-refractivity contribution in [3.05, 3.63) is 89.5 Å². The Morgan fingerprint density at radius 3 is 2.19 bits per heavy atom. The molecule has 2 heterocycles. The highest BCUT2D eigenvalue weighted by molar-refractivity contribution is 7.22. The normalized spacial score (nSPS) is 13.0. The molecule has 31 heavy (non-hydrogen) atoms. The van der Waals surface area contributed by atoms with E-state index in [2.05, 4.69) is 4.98 Å². The van der Waals surface area contributed by atoms with Gasteiger partial charge in [0, 0.05) is 0 Å². The van der Waals surface area contributed by atoms with Crippen LogP contribution in [0.5, 0.6) is 0 Å². The van der Waals surface area contributed by atoms with Gasteiger partial charge in [0.2, 0.25) is 0 Å². The standard InChI is InChI=1S/C24H17N3O3S/c1-15-8-2-6-12-19(15)27(24-25-18-11-5-7-13-20(18)31-24)21(28)14-26-22(29)16-9-3-4-10-17(16)23(26)30/h2-13H,14H2,1H3. The van der Waals surface area contributed by atoms with Crippen LogP contribution in [0.3, 0.4) is 0 Å². The average Bonchev–Trinajstić information content (AvgIpc) is 3.30. The molecule has 7 heteroatoms. The first kappa shape index (κ1) is 19.1. The van der Waals surface area contributed by atoms with Crippen molar-refractivity contribution in [3.63, 3.8) is 0 Å². The van der Waals surface area contributed by atoms with Crippen LogP contribution < -0.4 is 4.90 Å². The number of hydrogen-bond donors (Lipinski definition) is 0. The van der Waals surface area contributed by atoms with Gasteiger partial charge in [-0.15, -0.1) is 0 Å². The first-order chi connectivity index (χ1) is 15.0. The van der Waals surface area contributed by atoms with Crippen LogP contribution in [-0.2, 0) is 4.79 Å². The van der Waals surface area contributed by atoms with Crippen LogP contribution in [0.25, 0.3) is 10.2 Å². The van der Waals surface area contributed by atoms with Crippen molar-refractivity contribution < 1.29 is 14.4 Å². The topological polar surface area (TPSA) is 70.6 Å². The number of thiazole rings is 1. The zero-order valence-corrected chi connectivity index (χ0v) is 17.4. The summed E-state index contributed by atoms with van der Waals surface area (Å²) in [4.78, 5) is 46.2. The minimum Gasteiger partial charge on any atom is -0.272 e. The molecule has 3 amide bonds. The fraction of sp³-hybridized carbons (Fsp3) is 0.0833. The molecule has 0 unspecified atom stereocenters. The lowest BCUT2D eigenvalue weighted by Gasteiger charge is -2.24. The summed E-state index contributed by atoms with van der Waals surface area (Å²) in [5.41, 5.74) is 2.99. The van der Waals surface area contributed by atoms with E-state index in [0.29, 0.717) is 21.9 Å². The quantitative estimate of drug-likeness (QED) is 0.448. The molecule has 4 aromatic rings. The van der Waals surface area contributed by atoms with E-state index in [9.17, 15) is 14.4 Å². The molecular weight excluding hydrogens is 410 g/mol. The molecule has 1 aromatic heterocycles. The Balaban J connectivity index is 1.54. The van der Waals surface area contributed by atoms with Gasteiger partial charge in [0.05, 0.1) is 27.0 Å². The highest BCUT2D eigenvalue weighted by atomic mass is 32.1. The fourth-order valence-corrected chi connectivity index (χ4v) is 4.70. The predicted molar refractivity (Wildman–Crippen MR) is 120 cm³/mol. The molecule has 5 rings (SSSR count). The van der Waals surface area contributed by atoms with Gasteiger partial charge < -0.3 is 0 Å². The molecule has 152 valence electrons. The summed E-state index contributed by atoms with van der Waals surface area (Å²) in [5.74, 6) is -1.31. The van der Waals surface area contributed by atoms with Gasteiger partial charge in [-0.3, -0.25) is 24.2 Å². The first-order valence-corrected chi connectivity index (χ1v) is 10.6. The van der Waals surface area contributed by atoms with Crippen molar-refractivity contribution in [2.75, 3.05) is 11.4 Å². The van der Waals surface area contributed by atoms with E-state index in [0.717, 1.165) is 20.7 Å². The van der Waals surface area contributed by atoms with Crippen LogP contribution in [0.2, 0.25) is 0 Å². The predicted octanol–water partition coefficient (Wildman–Crippen LogP) is 4.57. The maximum Gasteiger partial charge on any atom is 0.262 e. The molecular formula is C24H17N3O3S. The number of carbonyl (C=O) groups is 3.